The number of nitrogens with zero attached hydrogens (tertiary/aromatic N) is 2. The summed E-state index contributed by atoms with van der Waals surface area (Å²) >= 11 is 3.47. The molecule has 0 fully saturated rings. The van der Waals surface area contributed by atoms with Gasteiger partial charge in [-0.2, -0.15) is 5.10 Å². The van der Waals surface area contributed by atoms with Gasteiger partial charge >= 0.3 is 5.97 Å². The Hall–Kier alpha value is -5.15. The van der Waals surface area contributed by atoms with Gasteiger partial charge in [0, 0.05) is 33.8 Å². The standard InChI is InChI=1S/C33H23BrN2O6/c34-23-13-11-21(12-14-23)27-15-24(35-36(27)25-9-5-2-6-10-25)19-41-32(39)20-40-26-16-28(37)33-29(38)18-30(42-31(33)17-26)22-7-3-1-4-8-22/h1-18,37H,19-20H2. The molecule has 0 amide bonds. The molecule has 9 heteroatoms. The fourth-order valence-corrected chi connectivity index (χ4v) is 4.77. The molecule has 0 radical (unpaired) electrons. The van der Waals surface area contributed by atoms with Crippen LogP contribution in [-0.2, 0) is 16.1 Å². The van der Waals surface area contributed by atoms with Crippen LogP contribution in [0.2, 0.25) is 0 Å². The molecule has 0 aliphatic carbocycles. The monoisotopic (exact) mass is 622 g/mol. The van der Waals surface area contributed by atoms with E-state index in [1.54, 1.807) is 4.68 Å². The Morgan fingerprint density at radius 1 is 0.881 bits per heavy atom. The van der Waals surface area contributed by atoms with Gasteiger partial charge in [0.15, 0.2) is 12.0 Å². The number of esters is 1. The quantitative estimate of drug-likeness (QED) is 0.184. The molecule has 0 saturated heterocycles. The molecule has 2 heterocycles. The van der Waals surface area contributed by atoms with E-state index in [1.165, 1.54) is 18.2 Å². The third kappa shape index (κ3) is 5.82. The van der Waals surface area contributed by atoms with Gasteiger partial charge in [-0.15, -0.1) is 0 Å². The molecule has 8 nitrogen and oxygen atoms in total. The van der Waals surface area contributed by atoms with Gasteiger partial charge in [-0.1, -0.05) is 76.6 Å². The topological polar surface area (TPSA) is 104 Å². The maximum Gasteiger partial charge on any atom is 0.344 e. The van der Waals surface area contributed by atoms with Crippen molar-refractivity contribution in [3.05, 3.63) is 130 Å². The summed E-state index contributed by atoms with van der Waals surface area (Å²) in [5, 5.41) is 15.2. The zero-order valence-electron chi connectivity index (χ0n) is 22.1. The average molecular weight is 623 g/mol. The zero-order chi connectivity index (χ0) is 29.1. The molecule has 4 aromatic carbocycles. The third-order valence-electron chi connectivity index (χ3n) is 6.48. The molecule has 0 bridgehead atoms. The van der Waals surface area contributed by atoms with Crippen molar-refractivity contribution in [2.24, 2.45) is 0 Å². The SMILES string of the molecule is O=C(COc1cc(O)c2c(=O)cc(-c3ccccc3)oc2c1)OCc1cc(-c2ccc(Br)cc2)n(-c2ccccc2)n1. The number of rotatable bonds is 8. The van der Waals surface area contributed by atoms with E-state index in [2.05, 4.69) is 21.0 Å². The molecule has 42 heavy (non-hydrogen) atoms. The number of halogens is 1. The van der Waals surface area contributed by atoms with Crippen molar-refractivity contribution in [2.45, 2.75) is 6.61 Å². The van der Waals surface area contributed by atoms with E-state index < -0.39 is 18.0 Å². The Kier molecular flexibility index (Phi) is 7.57. The number of carbonyl (C=O) groups is 1. The van der Waals surface area contributed by atoms with Gasteiger partial charge in [0.2, 0.25) is 0 Å². The third-order valence-corrected chi connectivity index (χ3v) is 7.01. The highest BCUT2D eigenvalue weighted by atomic mass is 79.9. The van der Waals surface area contributed by atoms with E-state index in [1.807, 2.05) is 91.0 Å². The summed E-state index contributed by atoms with van der Waals surface area (Å²) in [6.07, 6.45) is 0. The van der Waals surface area contributed by atoms with Crippen LogP contribution in [0.3, 0.4) is 0 Å². The molecule has 0 unspecified atom stereocenters. The van der Waals surface area contributed by atoms with E-state index in [9.17, 15) is 14.7 Å². The lowest BCUT2D eigenvalue weighted by Gasteiger charge is -2.09. The van der Waals surface area contributed by atoms with Gasteiger partial charge < -0.3 is 19.0 Å². The van der Waals surface area contributed by atoms with Crippen LogP contribution in [0, 0.1) is 0 Å². The highest BCUT2D eigenvalue weighted by molar-refractivity contribution is 9.10. The van der Waals surface area contributed by atoms with E-state index in [0.717, 1.165) is 21.4 Å². The predicted molar refractivity (Wildman–Crippen MR) is 162 cm³/mol. The molecule has 2 aromatic heterocycles. The molecule has 208 valence electrons. The van der Waals surface area contributed by atoms with Crippen LogP contribution >= 0.6 is 15.9 Å². The lowest BCUT2D eigenvalue weighted by atomic mass is 10.1. The first-order chi connectivity index (χ1) is 20.4. The van der Waals surface area contributed by atoms with Crippen molar-refractivity contribution >= 4 is 32.9 Å². The van der Waals surface area contributed by atoms with Gasteiger partial charge in [-0.3, -0.25) is 4.79 Å². The summed E-state index contributed by atoms with van der Waals surface area (Å²) in [6, 6.07) is 32.6. The number of para-hydroxylation sites is 1. The number of ether oxygens (including phenoxy) is 2. The minimum atomic E-state index is -0.631. The average Bonchev–Trinajstić information content (AvgIpc) is 3.44. The minimum absolute atomic E-state index is 0.0280. The molecule has 6 rings (SSSR count). The van der Waals surface area contributed by atoms with Crippen molar-refractivity contribution < 1.29 is 23.8 Å². The number of aromatic nitrogens is 2. The van der Waals surface area contributed by atoms with E-state index in [-0.39, 0.29) is 29.1 Å². The maximum atomic E-state index is 12.7. The zero-order valence-corrected chi connectivity index (χ0v) is 23.7. The first-order valence-corrected chi connectivity index (χ1v) is 13.8. The van der Waals surface area contributed by atoms with Gasteiger partial charge in [-0.05, 0) is 30.3 Å². The number of phenolic OH excluding ortho intramolecular Hbond substituents is 1. The number of phenols is 1. The summed E-state index contributed by atoms with van der Waals surface area (Å²) in [5.74, 6) is -0.442. The highest BCUT2D eigenvalue weighted by Crippen LogP contribution is 2.31. The Bertz CT molecular complexity index is 1930. The number of hydrogen-bond donors (Lipinski definition) is 1. The molecule has 0 aliphatic heterocycles. The Morgan fingerprint density at radius 3 is 2.33 bits per heavy atom. The second-order valence-corrected chi connectivity index (χ2v) is 10.3. The van der Waals surface area contributed by atoms with Crippen LogP contribution in [-0.4, -0.2) is 27.5 Å². The Labute approximate surface area is 248 Å². The van der Waals surface area contributed by atoms with Crippen molar-refractivity contribution in [2.75, 3.05) is 6.61 Å². The van der Waals surface area contributed by atoms with Crippen LogP contribution in [0.1, 0.15) is 5.69 Å². The summed E-state index contributed by atoms with van der Waals surface area (Å²) in [6.45, 7) is -0.490. The Balaban J connectivity index is 1.17. The minimum Gasteiger partial charge on any atom is -0.507 e. The fraction of sp³-hybridized carbons (Fsp3) is 0.0606. The van der Waals surface area contributed by atoms with Gasteiger partial charge in [-0.25, -0.2) is 9.48 Å². The first-order valence-electron chi connectivity index (χ1n) is 13.0. The summed E-state index contributed by atoms with van der Waals surface area (Å²) in [7, 11) is 0. The summed E-state index contributed by atoms with van der Waals surface area (Å²) in [4.78, 5) is 25.2. The lowest BCUT2D eigenvalue weighted by Crippen LogP contribution is -2.15. The molecule has 1 N–H and O–H groups in total. The molecular weight excluding hydrogens is 600 g/mol. The first kappa shape index (κ1) is 27.0. The number of fused-ring (bicyclic) bond motifs is 1. The lowest BCUT2D eigenvalue weighted by molar-refractivity contribution is -0.147. The van der Waals surface area contributed by atoms with Crippen LogP contribution in [0.4, 0.5) is 0 Å². The largest absolute Gasteiger partial charge is 0.507 e. The maximum absolute atomic E-state index is 12.7. The predicted octanol–water partition coefficient (Wildman–Crippen LogP) is 6.90. The van der Waals surface area contributed by atoms with Crippen molar-refractivity contribution in [3.8, 4) is 39.8 Å². The van der Waals surface area contributed by atoms with Crippen LogP contribution in [0.25, 0.3) is 39.2 Å². The normalized spacial score (nSPS) is 11.0. The van der Waals surface area contributed by atoms with E-state index >= 15 is 0 Å². The van der Waals surface area contributed by atoms with Gasteiger partial charge in [0.05, 0.1) is 11.4 Å². The fourth-order valence-electron chi connectivity index (χ4n) is 4.50. The van der Waals surface area contributed by atoms with Crippen molar-refractivity contribution in [1.29, 1.82) is 0 Å². The number of hydrogen-bond acceptors (Lipinski definition) is 7. The smallest absolute Gasteiger partial charge is 0.344 e. The number of benzene rings is 4. The number of carbonyl (C=O) groups excluding carboxylic acids is 1. The van der Waals surface area contributed by atoms with Crippen LogP contribution < -0.4 is 10.2 Å². The van der Waals surface area contributed by atoms with Gasteiger partial charge in [0.1, 0.15) is 40.5 Å². The number of aromatic hydroxyl groups is 1. The molecule has 0 atom stereocenters. The van der Waals surface area contributed by atoms with Crippen molar-refractivity contribution in [3.63, 3.8) is 0 Å². The molecule has 0 aliphatic rings. The molecule has 6 aromatic rings. The molecule has 0 saturated carbocycles. The Morgan fingerprint density at radius 2 is 1.60 bits per heavy atom. The second-order valence-electron chi connectivity index (χ2n) is 9.38. The van der Waals surface area contributed by atoms with E-state index in [0.29, 0.717) is 17.0 Å². The highest BCUT2D eigenvalue weighted by Gasteiger charge is 2.16. The second kappa shape index (κ2) is 11.8. The van der Waals surface area contributed by atoms with Crippen LogP contribution in [0.5, 0.6) is 11.5 Å². The van der Waals surface area contributed by atoms with E-state index in [4.69, 9.17) is 13.9 Å². The summed E-state index contributed by atoms with van der Waals surface area (Å²) in [5.41, 5.74) is 3.68. The summed E-state index contributed by atoms with van der Waals surface area (Å²) < 4.78 is 19.7. The van der Waals surface area contributed by atoms with Gasteiger partial charge in [0.25, 0.3) is 0 Å². The van der Waals surface area contributed by atoms with Crippen LogP contribution in [0.15, 0.2) is 123 Å². The molecule has 0 spiro atoms. The molecular formula is C33H23BrN2O6. The van der Waals surface area contributed by atoms with Crippen molar-refractivity contribution in [1.82, 2.24) is 9.78 Å².